The van der Waals surface area contributed by atoms with Crippen LogP contribution in [0.5, 0.6) is 0 Å². The van der Waals surface area contributed by atoms with Crippen molar-refractivity contribution in [3.8, 4) is 0 Å². The summed E-state index contributed by atoms with van der Waals surface area (Å²) in [4.78, 5) is 21.7. The first-order valence-electron chi connectivity index (χ1n) is 14.0. The zero-order valence-electron chi connectivity index (χ0n) is 24.5. The van der Waals surface area contributed by atoms with E-state index in [1.165, 1.54) is 20.0 Å². The molecule has 2 unspecified atom stereocenters. The normalized spacial score (nSPS) is 25.4. The van der Waals surface area contributed by atoms with E-state index in [1.807, 2.05) is 52.4 Å². The van der Waals surface area contributed by atoms with E-state index in [9.17, 15) is 13.6 Å². The quantitative estimate of drug-likeness (QED) is 0.414. The van der Waals surface area contributed by atoms with Crippen molar-refractivity contribution in [3.63, 3.8) is 0 Å². The molecule has 2 aromatic rings. The van der Waals surface area contributed by atoms with E-state index in [4.69, 9.17) is 4.79 Å². The fourth-order valence-electron chi connectivity index (χ4n) is 5.09. The number of ether oxygens (including phenoxy) is 1. The summed E-state index contributed by atoms with van der Waals surface area (Å²) in [5.41, 5.74) is 1.12. The molecule has 0 aromatic carbocycles. The maximum atomic E-state index is 14.1. The first-order valence-corrected chi connectivity index (χ1v) is 14.0. The summed E-state index contributed by atoms with van der Waals surface area (Å²) in [6.45, 7) is 16.3. The van der Waals surface area contributed by atoms with Gasteiger partial charge in [-0.3, -0.25) is 19.4 Å². The minimum Gasteiger partial charge on any atom is -0.471 e. The second-order valence-electron chi connectivity index (χ2n) is 9.41. The number of anilines is 1. The highest BCUT2D eigenvalue weighted by molar-refractivity contribution is 6.04. The maximum absolute atomic E-state index is 14.1. The van der Waals surface area contributed by atoms with Gasteiger partial charge in [-0.15, -0.1) is 0 Å². The number of hydrogen-bond acceptors (Lipinski definition) is 5. The second-order valence-corrected chi connectivity index (χ2v) is 9.41. The van der Waals surface area contributed by atoms with Gasteiger partial charge < -0.3 is 10.1 Å². The van der Waals surface area contributed by atoms with Crippen LogP contribution in [0.15, 0.2) is 12.4 Å². The molecule has 2 aromatic heterocycles. The minimum atomic E-state index is -2.67. The SMILES string of the molecule is CC.CC.CC.CC1CCC(n2cc(NC(=O)c3n[nH]c4c3CC3C(F)(F)C3(C)C4)cn2)CC1.COC=O. The van der Waals surface area contributed by atoms with Crippen molar-refractivity contribution < 1.29 is 23.1 Å². The number of fused-ring (bicyclic) bond motifs is 2. The molecule has 1 amide bonds. The van der Waals surface area contributed by atoms with Crippen molar-refractivity contribution >= 4 is 18.1 Å². The Bertz CT molecular complexity index is 999. The van der Waals surface area contributed by atoms with Crippen LogP contribution >= 0.6 is 0 Å². The van der Waals surface area contributed by atoms with Gasteiger partial charge in [0.25, 0.3) is 18.3 Å². The number of aromatic amines is 1. The van der Waals surface area contributed by atoms with Gasteiger partial charge in [0.15, 0.2) is 5.69 Å². The van der Waals surface area contributed by atoms with Gasteiger partial charge >= 0.3 is 0 Å². The average Bonchev–Trinajstić information content (AvgIpc) is 3.38. The van der Waals surface area contributed by atoms with Crippen molar-refractivity contribution in [2.75, 3.05) is 12.4 Å². The predicted molar refractivity (Wildman–Crippen MR) is 147 cm³/mol. The van der Waals surface area contributed by atoms with E-state index in [2.05, 4.69) is 32.3 Å². The minimum absolute atomic E-state index is 0.192. The summed E-state index contributed by atoms with van der Waals surface area (Å²) >= 11 is 0. The molecule has 0 radical (unpaired) electrons. The number of nitrogens with zero attached hydrogens (tertiary/aromatic N) is 3. The number of methoxy groups -OCH3 is 1. The number of halogens is 2. The molecule has 0 spiro atoms. The zero-order valence-corrected chi connectivity index (χ0v) is 24.5. The first-order chi connectivity index (χ1) is 18.2. The molecule has 2 saturated carbocycles. The van der Waals surface area contributed by atoms with E-state index < -0.39 is 17.3 Å². The molecule has 2 heterocycles. The lowest BCUT2D eigenvalue weighted by molar-refractivity contribution is -0.126. The number of carbonyl (C=O) groups is 2. The Kier molecular flexibility index (Phi) is 13.1. The van der Waals surface area contributed by atoms with Crippen LogP contribution in [-0.2, 0) is 22.4 Å². The monoisotopic (exact) mass is 539 g/mol. The molecule has 3 aliphatic carbocycles. The number of carbonyl (C=O) groups excluding carboxylic acids is 2. The van der Waals surface area contributed by atoms with Gasteiger partial charge in [-0.1, -0.05) is 55.4 Å². The Labute approximate surface area is 226 Å². The number of nitrogens with one attached hydrogen (secondary N) is 2. The molecular formula is C28H47F2N5O3. The lowest BCUT2D eigenvalue weighted by Gasteiger charge is -2.26. The van der Waals surface area contributed by atoms with E-state index in [0.29, 0.717) is 29.5 Å². The predicted octanol–water partition coefficient (Wildman–Crippen LogP) is 6.85. The van der Waals surface area contributed by atoms with Crippen LogP contribution < -0.4 is 5.32 Å². The third kappa shape index (κ3) is 6.99. The second kappa shape index (κ2) is 15.0. The van der Waals surface area contributed by atoms with Crippen LogP contribution in [0.3, 0.4) is 0 Å². The number of hydrogen-bond donors (Lipinski definition) is 2. The van der Waals surface area contributed by atoms with Crippen LogP contribution in [-0.4, -0.2) is 45.4 Å². The first kappa shape index (κ1) is 33.2. The maximum Gasteiger partial charge on any atom is 0.292 e. The van der Waals surface area contributed by atoms with E-state index in [-0.39, 0.29) is 24.4 Å². The van der Waals surface area contributed by atoms with E-state index >= 15 is 0 Å². The Hall–Kier alpha value is -2.78. The Morgan fingerprint density at radius 1 is 1.16 bits per heavy atom. The van der Waals surface area contributed by atoms with Crippen molar-refractivity contribution in [1.82, 2.24) is 20.0 Å². The molecule has 0 aliphatic heterocycles. The largest absolute Gasteiger partial charge is 0.471 e. The highest BCUT2D eigenvalue weighted by atomic mass is 19.3. The van der Waals surface area contributed by atoms with Gasteiger partial charge in [-0.25, -0.2) is 8.78 Å². The summed E-state index contributed by atoms with van der Waals surface area (Å²) in [6.07, 6.45) is 8.49. The third-order valence-corrected chi connectivity index (χ3v) is 7.32. The number of amides is 1. The molecular weight excluding hydrogens is 492 g/mol. The van der Waals surface area contributed by atoms with E-state index in [1.54, 1.807) is 13.1 Å². The zero-order chi connectivity index (χ0) is 29.1. The Balaban J connectivity index is 0.000000641. The number of alkyl halides is 2. The van der Waals surface area contributed by atoms with Gasteiger partial charge in [0, 0.05) is 35.2 Å². The topological polar surface area (TPSA) is 102 Å². The van der Waals surface area contributed by atoms with Gasteiger partial charge in [0.1, 0.15) is 0 Å². The highest BCUT2D eigenvalue weighted by Gasteiger charge is 2.78. The lowest BCUT2D eigenvalue weighted by atomic mass is 9.87. The molecule has 10 heteroatoms. The molecule has 2 N–H and O–H groups in total. The summed E-state index contributed by atoms with van der Waals surface area (Å²) in [6, 6.07) is 0.370. The molecule has 0 bridgehead atoms. The molecule has 3 aliphatic rings. The average molecular weight is 540 g/mol. The Morgan fingerprint density at radius 3 is 2.29 bits per heavy atom. The van der Waals surface area contributed by atoms with Gasteiger partial charge in [0.05, 0.1) is 25.0 Å². The van der Waals surface area contributed by atoms with Crippen LogP contribution in [0.4, 0.5) is 14.5 Å². The van der Waals surface area contributed by atoms with Crippen LogP contribution in [0.25, 0.3) is 0 Å². The van der Waals surface area contributed by atoms with Crippen LogP contribution in [0.2, 0.25) is 0 Å². The highest BCUT2D eigenvalue weighted by Crippen LogP contribution is 2.70. The fraction of sp³-hybridized carbons (Fsp3) is 0.714. The fourth-order valence-corrected chi connectivity index (χ4v) is 5.09. The van der Waals surface area contributed by atoms with E-state index in [0.717, 1.165) is 18.8 Å². The third-order valence-electron chi connectivity index (χ3n) is 7.32. The molecule has 8 nitrogen and oxygen atoms in total. The standard InChI is InChI=1S/C20H25F2N5O.C2H4O2.3C2H6/c1-11-3-5-13(6-4-11)27-10-12(9-23-27)24-18(28)17-14-7-16-19(2,20(16,21)22)8-15(14)25-26-17;1-4-2-3;3*1-2/h9-11,13,16H,3-8H2,1-2H3,(H,24,28)(H,25,26);2H,1H3;3*1-2H3. The van der Waals surface area contributed by atoms with Crippen molar-refractivity contribution in [2.45, 2.75) is 106 Å². The van der Waals surface area contributed by atoms with Crippen molar-refractivity contribution in [3.05, 3.63) is 29.3 Å². The van der Waals surface area contributed by atoms with Crippen molar-refractivity contribution in [2.24, 2.45) is 17.3 Å². The number of rotatable bonds is 4. The Morgan fingerprint density at radius 2 is 1.74 bits per heavy atom. The molecule has 2 fully saturated rings. The molecule has 38 heavy (non-hydrogen) atoms. The van der Waals surface area contributed by atoms with Gasteiger partial charge in [-0.05, 0) is 38.0 Å². The van der Waals surface area contributed by atoms with Crippen LogP contribution in [0, 0.1) is 17.3 Å². The number of aromatic nitrogens is 4. The van der Waals surface area contributed by atoms with Crippen molar-refractivity contribution in [1.29, 1.82) is 0 Å². The summed E-state index contributed by atoms with van der Waals surface area (Å²) in [5.74, 6) is -2.98. The van der Waals surface area contributed by atoms with Gasteiger partial charge in [0.2, 0.25) is 0 Å². The van der Waals surface area contributed by atoms with Crippen LogP contribution in [0.1, 0.15) is 109 Å². The summed E-state index contributed by atoms with van der Waals surface area (Å²) in [5, 5.41) is 14.2. The summed E-state index contributed by atoms with van der Waals surface area (Å²) < 4.78 is 33.9. The molecule has 0 saturated heterocycles. The van der Waals surface area contributed by atoms with Gasteiger partial charge in [-0.2, -0.15) is 10.2 Å². The number of H-pyrrole nitrogens is 1. The lowest BCUT2D eigenvalue weighted by Crippen LogP contribution is -2.18. The smallest absolute Gasteiger partial charge is 0.292 e. The summed E-state index contributed by atoms with van der Waals surface area (Å²) in [7, 11) is 1.31. The molecule has 216 valence electrons. The molecule has 5 rings (SSSR count). The molecule has 2 atom stereocenters.